The summed E-state index contributed by atoms with van der Waals surface area (Å²) >= 11 is 7.06. The van der Waals surface area contributed by atoms with Gasteiger partial charge in [-0.1, -0.05) is 39.3 Å². The van der Waals surface area contributed by atoms with Gasteiger partial charge in [-0.15, -0.1) is 11.3 Å². The fourth-order valence-corrected chi connectivity index (χ4v) is 5.13. The standard InChI is InChI=1S/C26H33ClF2N4O4S/c1-5-32(15-26(2,3)4)19(13-30-25(36)20-8-9-21(27)38-20)24(35)31-18-7-6-16(12-17(18)23(28)29)33-10-11-37-14-22(33)34/h6-9,12,19,23H,5,10-11,13-15H2,1-4H3,(H,30,36)(H,31,35)/t19-/m0/s1. The van der Waals surface area contributed by atoms with Crippen LogP contribution in [0.2, 0.25) is 4.34 Å². The van der Waals surface area contributed by atoms with E-state index >= 15 is 0 Å². The zero-order chi connectivity index (χ0) is 28.0. The molecule has 1 fully saturated rings. The summed E-state index contributed by atoms with van der Waals surface area (Å²) in [7, 11) is 0. The maximum atomic E-state index is 14.1. The van der Waals surface area contributed by atoms with Crippen LogP contribution in [0.15, 0.2) is 30.3 Å². The minimum absolute atomic E-state index is 0.0333. The number of alkyl halides is 2. The molecule has 0 saturated carbocycles. The van der Waals surface area contributed by atoms with E-state index in [1.165, 1.54) is 23.1 Å². The maximum absolute atomic E-state index is 14.1. The number of likely N-dealkylation sites (N-methyl/N-ethyl adjacent to an activating group) is 1. The fraction of sp³-hybridized carbons (Fsp3) is 0.500. The molecule has 3 rings (SSSR count). The third-order valence-electron chi connectivity index (χ3n) is 5.91. The largest absolute Gasteiger partial charge is 0.370 e. The molecule has 8 nitrogen and oxygen atoms in total. The van der Waals surface area contributed by atoms with E-state index in [1.807, 2.05) is 32.6 Å². The van der Waals surface area contributed by atoms with Crippen molar-refractivity contribution in [2.24, 2.45) is 5.41 Å². The molecule has 12 heteroatoms. The first-order valence-electron chi connectivity index (χ1n) is 12.3. The Morgan fingerprint density at radius 1 is 1.24 bits per heavy atom. The molecule has 0 spiro atoms. The Morgan fingerprint density at radius 2 is 1.97 bits per heavy atom. The van der Waals surface area contributed by atoms with Crippen molar-refractivity contribution in [2.45, 2.75) is 40.2 Å². The molecule has 1 aliphatic rings. The van der Waals surface area contributed by atoms with Gasteiger partial charge in [0.2, 0.25) is 5.91 Å². The molecule has 2 N–H and O–H groups in total. The highest BCUT2D eigenvalue weighted by atomic mass is 35.5. The fourth-order valence-electron chi connectivity index (χ4n) is 4.17. The summed E-state index contributed by atoms with van der Waals surface area (Å²) in [4.78, 5) is 42.0. The third-order valence-corrected chi connectivity index (χ3v) is 7.14. The Balaban J connectivity index is 1.84. The Morgan fingerprint density at radius 3 is 2.55 bits per heavy atom. The first-order valence-corrected chi connectivity index (χ1v) is 13.5. The predicted octanol–water partition coefficient (Wildman–Crippen LogP) is 4.81. The van der Waals surface area contributed by atoms with Gasteiger partial charge in [-0.05, 0) is 42.3 Å². The van der Waals surface area contributed by atoms with E-state index in [9.17, 15) is 23.2 Å². The zero-order valence-electron chi connectivity index (χ0n) is 21.9. The van der Waals surface area contributed by atoms with Crippen molar-refractivity contribution in [1.29, 1.82) is 0 Å². The zero-order valence-corrected chi connectivity index (χ0v) is 23.4. The molecule has 1 aliphatic heterocycles. The number of carbonyl (C=O) groups excluding carboxylic acids is 3. The number of ether oxygens (including phenoxy) is 1. The topological polar surface area (TPSA) is 91.0 Å². The van der Waals surface area contributed by atoms with Crippen molar-refractivity contribution in [1.82, 2.24) is 10.2 Å². The second-order valence-electron chi connectivity index (χ2n) is 10.1. The van der Waals surface area contributed by atoms with Crippen molar-refractivity contribution in [3.63, 3.8) is 0 Å². The van der Waals surface area contributed by atoms with Crippen molar-refractivity contribution in [3.05, 3.63) is 45.1 Å². The van der Waals surface area contributed by atoms with Gasteiger partial charge in [0.05, 0.1) is 15.8 Å². The van der Waals surface area contributed by atoms with Crippen molar-refractivity contribution in [2.75, 3.05) is 49.6 Å². The number of carbonyl (C=O) groups is 3. The molecule has 0 radical (unpaired) electrons. The number of rotatable bonds is 10. The smallest absolute Gasteiger partial charge is 0.265 e. The minimum Gasteiger partial charge on any atom is -0.370 e. The van der Waals surface area contributed by atoms with E-state index in [1.54, 1.807) is 12.1 Å². The normalized spacial score (nSPS) is 15.2. The number of morpholine rings is 1. The van der Waals surface area contributed by atoms with Crippen LogP contribution in [0.5, 0.6) is 0 Å². The number of nitrogens with one attached hydrogen (secondary N) is 2. The van der Waals surface area contributed by atoms with Gasteiger partial charge in [0.15, 0.2) is 0 Å². The van der Waals surface area contributed by atoms with Gasteiger partial charge in [-0.25, -0.2) is 8.78 Å². The van der Waals surface area contributed by atoms with Crippen molar-refractivity contribution in [3.8, 4) is 0 Å². The number of hydrogen-bond acceptors (Lipinski definition) is 6. The molecule has 1 aromatic heterocycles. The van der Waals surface area contributed by atoms with Crippen LogP contribution < -0.4 is 15.5 Å². The highest BCUT2D eigenvalue weighted by molar-refractivity contribution is 7.18. The molecule has 1 atom stereocenters. The molecular formula is C26H33ClF2N4O4S. The van der Waals surface area contributed by atoms with E-state index < -0.39 is 23.9 Å². The van der Waals surface area contributed by atoms with Crippen LogP contribution >= 0.6 is 22.9 Å². The number of nitrogens with zero attached hydrogens (tertiary/aromatic N) is 2. The van der Waals surface area contributed by atoms with Crippen LogP contribution in [0, 0.1) is 5.41 Å². The number of hydrogen-bond donors (Lipinski definition) is 2. The molecular weight excluding hydrogens is 538 g/mol. The summed E-state index contributed by atoms with van der Waals surface area (Å²) < 4.78 is 33.7. The van der Waals surface area contributed by atoms with Gasteiger partial charge in [0.1, 0.15) is 12.6 Å². The minimum atomic E-state index is -2.89. The predicted molar refractivity (Wildman–Crippen MR) is 145 cm³/mol. The lowest BCUT2D eigenvalue weighted by Crippen LogP contribution is -2.52. The molecule has 2 heterocycles. The number of thiophene rings is 1. The van der Waals surface area contributed by atoms with Gasteiger partial charge in [0, 0.05) is 36.6 Å². The Bertz CT molecular complexity index is 1150. The lowest BCUT2D eigenvalue weighted by atomic mass is 9.95. The third kappa shape index (κ3) is 7.95. The van der Waals surface area contributed by atoms with Gasteiger partial charge in [-0.2, -0.15) is 0 Å². The first-order chi connectivity index (χ1) is 17.9. The van der Waals surface area contributed by atoms with Gasteiger partial charge < -0.3 is 20.3 Å². The first kappa shape index (κ1) is 29.9. The quantitative estimate of drug-likeness (QED) is 0.428. The summed E-state index contributed by atoms with van der Waals surface area (Å²) in [6.07, 6.45) is -2.89. The summed E-state index contributed by atoms with van der Waals surface area (Å²) in [5.41, 5.74) is -0.305. The van der Waals surface area contributed by atoms with Crippen LogP contribution in [-0.4, -0.2) is 68.1 Å². The van der Waals surface area contributed by atoms with E-state index in [-0.39, 0.29) is 42.6 Å². The molecule has 2 aromatic rings. The molecule has 0 bridgehead atoms. The van der Waals surface area contributed by atoms with Gasteiger partial charge >= 0.3 is 0 Å². The molecule has 1 saturated heterocycles. The number of halogens is 3. The summed E-state index contributed by atoms with van der Waals surface area (Å²) in [6, 6.07) is 6.50. The van der Waals surface area contributed by atoms with Crippen LogP contribution in [0.3, 0.4) is 0 Å². The van der Waals surface area contributed by atoms with E-state index in [0.29, 0.717) is 34.6 Å². The van der Waals surface area contributed by atoms with Gasteiger partial charge in [0.25, 0.3) is 18.2 Å². The number of anilines is 2. The van der Waals surface area contributed by atoms with E-state index in [0.717, 1.165) is 11.3 Å². The Labute approximate surface area is 230 Å². The van der Waals surface area contributed by atoms with Gasteiger partial charge in [-0.3, -0.25) is 19.3 Å². The molecule has 208 valence electrons. The van der Waals surface area contributed by atoms with Crippen molar-refractivity contribution >= 4 is 52.0 Å². The Hall–Kier alpha value is -2.60. The molecule has 3 amide bonds. The van der Waals surface area contributed by atoms with Crippen LogP contribution in [0.4, 0.5) is 20.2 Å². The second-order valence-corrected chi connectivity index (χ2v) is 11.8. The lowest BCUT2D eigenvalue weighted by molar-refractivity contribution is -0.125. The molecule has 38 heavy (non-hydrogen) atoms. The lowest BCUT2D eigenvalue weighted by Gasteiger charge is -2.35. The summed E-state index contributed by atoms with van der Waals surface area (Å²) in [5, 5.41) is 5.42. The second kappa shape index (κ2) is 13.0. The summed E-state index contributed by atoms with van der Waals surface area (Å²) in [5.74, 6) is -1.23. The number of amides is 3. The highest BCUT2D eigenvalue weighted by Crippen LogP contribution is 2.32. The highest BCUT2D eigenvalue weighted by Gasteiger charge is 2.30. The van der Waals surface area contributed by atoms with Crippen LogP contribution in [0.25, 0.3) is 0 Å². The maximum Gasteiger partial charge on any atom is 0.265 e. The van der Waals surface area contributed by atoms with Crippen LogP contribution in [0.1, 0.15) is 49.4 Å². The molecule has 0 unspecified atom stereocenters. The average molecular weight is 571 g/mol. The molecule has 1 aromatic carbocycles. The van der Waals surface area contributed by atoms with E-state index in [2.05, 4.69) is 10.6 Å². The van der Waals surface area contributed by atoms with E-state index in [4.69, 9.17) is 16.3 Å². The molecule has 0 aliphatic carbocycles. The Kier molecular flexibility index (Phi) is 10.2. The monoisotopic (exact) mass is 570 g/mol. The SMILES string of the molecule is CCN(CC(C)(C)C)[C@@H](CNC(=O)c1ccc(Cl)s1)C(=O)Nc1ccc(N2CCOCC2=O)cc1C(F)F. The van der Waals surface area contributed by atoms with Crippen molar-refractivity contribution < 1.29 is 27.9 Å². The summed E-state index contributed by atoms with van der Waals surface area (Å²) in [6.45, 7) is 9.40. The average Bonchev–Trinajstić information content (AvgIpc) is 3.29. The number of benzene rings is 1. The van der Waals surface area contributed by atoms with Crippen LogP contribution in [-0.2, 0) is 14.3 Å².